The van der Waals surface area contributed by atoms with E-state index in [1.54, 1.807) is 13.8 Å². The van der Waals surface area contributed by atoms with Gasteiger partial charge in [0.2, 0.25) is 0 Å². The molecule has 22 heavy (non-hydrogen) atoms. The monoisotopic (exact) mass is 294 g/mol. The summed E-state index contributed by atoms with van der Waals surface area (Å²) in [5.41, 5.74) is 1.32. The smallest absolute Gasteiger partial charge is 0.259 e. The van der Waals surface area contributed by atoms with Crippen molar-refractivity contribution in [1.82, 2.24) is 5.32 Å². The zero-order valence-electron chi connectivity index (χ0n) is 12.7. The second-order valence-electron chi connectivity index (χ2n) is 5.46. The topological polar surface area (TPSA) is 62.1 Å². The molecule has 1 amide bonds. The number of hydrogen-bond acceptors (Lipinski definition) is 3. The van der Waals surface area contributed by atoms with Crippen molar-refractivity contribution < 1.29 is 9.53 Å². The average Bonchev–Trinajstić information content (AvgIpc) is 2.54. The first-order valence-electron chi connectivity index (χ1n) is 7.01. The maximum Gasteiger partial charge on any atom is 0.259 e. The summed E-state index contributed by atoms with van der Waals surface area (Å²) >= 11 is 0. The van der Waals surface area contributed by atoms with Crippen LogP contribution in [-0.2, 0) is 4.79 Å². The largest absolute Gasteiger partial charge is 0.484 e. The Morgan fingerprint density at radius 2 is 1.68 bits per heavy atom. The molecular weight excluding hydrogens is 276 g/mol. The molecule has 4 heteroatoms. The van der Waals surface area contributed by atoms with Gasteiger partial charge in [0.05, 0.1) is 6.07 Å². The number of nitrogens with one attached hydrogen (secondary N) is 1. The van der Waals surface area contributed by atoms with Crippen molar-refractivity contribution in [2.75, 3.05) is 6.61 Å². The van der Waals surface area contributed by atoms with Crippen molar-refractivity contribution >= 4 is 5.91 Å². The molecule has 2 aromatic carbocycles. The van der Waals surface area contributed by atoms with Crippen LogP contribution in [0.3, 0.4) is 0 Å². The van der Waals surface area contributed by atoms with Crippen LogP contribution in [0.5, 0.6) is 5.75 Å². The van der Waals surface area contributed by atoms with E-state index in [2.05, 4.69) is 5.32 Å². The second-order valence-corrected chi connectivity index (χ2v) is 5.46. The third-order valence-corrected chi connectivity index (χ3v) is 3.06. The Morgan fingerprint density at radius 3 is 2.27 bits per heavy atom. The van der Waals surface area contributed by atoms with Gasteiger partial charge in [0.1, 0.15) is 11.3 Å². The fraction of sp³-hybridized carbons (Fsp3) is 0.222. The molecule has 0 aliphatic rings. The summed E-state index contributed by atoms with van der Waals surface area (Å²) in [4.78, 5) is 11.7. The predicted octanol–water partition coefficient (Wildman–Crippen LogP) is 3.15. The van der Waals surface area contributed by atoms with Crippen molar-refractivity contribution in [2.24, 2.45) is 0 Å². The van der Waals surface area contributed by atoms with Crippen LogP contribution in [0.4, 0.5) is 0 Å². The molecule has 2 rings (SSSR count). The molecule has 0 bridgehead atoms. The van der Waals surface area contributed by atoms with Gasteiger partial charge in [0, 0.05) is 0 Å². The number of benzene rings is 2. The maximum absolute atomic E-state index is 11.7. The molecule has 112 valence electrons. The summed E-state index contributed by atoms with van der Waals surface area (Å²) in [5, 5.41) is 11.4. The van der Waals surface area contributed by atoms with E-state index >= 15 is 0 Å². The number of nitriles is 1. The normalized spacial score (nSPS) is 10.6. The Labute approximate surface area is 130 Å². The minimum absolute atomic E-state index is 0.115. The standard InChI is InChI=1S/C18H18N2O2/c1-18(2,13-19)20-17(21)12-22-16-10-8-15(9-11-16)14-6-4-3-5-7-14/h3-11H,12H2,1-2H3,(H,20,21). The zero-order chi connectivity index (χ0) is 16.0. The van der Waals surface area contributed by atoms with E-state index in [-0.39, 0.29) is 12.5 Å². The number of rotatable bonds is 5. The fourth-order valence-electron chi connectivity index (χ4n) is 1.94. The van der Waals surface area contributed by atoms with E-state index in [1.165, 1.54) is 0 Å². The van der Waals surface area contributed by atoms with Gasteiger partial charge in [-0.25, -0.2) is 0 Å². The lowest BCUT2D eigenvalue weighted by molar-refractivity contribution is -0.124. The average molecular weight is 294 g/mol. The van der Waals surface area contributed by atoms with Gasteiger partial charge >= 0.3 is 0 Å². The van der Waals surface area contributed by atoms with Gasteiger partial charge in [-0.3, -0.25) is 4.79 Å². The van der Waals surface area contributed by atoms with E-state index in [0.717, 1.165) is 11.1 Å². The highest BCUT2D eigenvalue weighted by molar-refractivity contribution is 5.78. The molecule has 0 aliphatic heterocycles. The molecule has 0 radical (unpaired) electrons. The quantitative estimate of drug-likeness (QED) is 0.921. The number of ether oxygens (including phenoxy) is 1. The fourth-order valence-corrected chi connectivity index (χ4v) is 1.94. The lowest BCUT2D eigenvalue weighted by Crippen LogP contribution is -2.44. The summed E-state index contributed by atoms with van der Waals surface area (Å²) in [6.07, 6.45) is 0. The second kappa shape index (κ2) is 6.77. The SMILES string of the molecule is CC(C)(C#N)NC(=O)COc1ccc(-c2ccccc2)cc1. The molecule has 0 saturated carbocycles. The highest BCUT2D eigenvalue weighted by atomic mass is 16.5. The zero-order valence-corrected chi connectivity index (χ0v) is 12.7. The first kappa shape index (κ1) is 15.6. The molecule has 0 atom stereocenters. The molecule has 0 aromatic heterocycles. The van der Waals surface area contributed by atoms with Crippen LogP contribution in [0.1, 0.15) is 13.8 Å². The van der Waals surface area contributed by atoms with E-state index in [1.807, 2.05) is 60.7 Å². The predicted molar refractivity (Wildman–Crippen MR) is 85.2 cm³/mol. The maximum atomic E-state index is 11.7. The van der Waals surface area contributed by atoms with Crippen LogP contribution < -0.4 is 10.1 Å². The van der Waals surface area contributed by atoms with E-state index in [9.17, 15) is 4.79 Å². The van der Waals surface area contributed by atoms with Crippen LogP contribution in [-0.4, -0.2) is 18.1 Å². The van der Waals surface area contributed by atoms with Crippen LogP contribution >= 0.6 is 0 Å². The van der Waals surface area contributed by atoms with Gasteiger partial charge in [-0.2, -0.15) is 5.26 Å². The molecule has 0 fully saturated rings. The van der Waals surface area contributed by atoms with Crippen molar-refractivity contribution in [1.29, 1.82) is 5.26 Å². The third kappa shape index (κ3) is 4.35. The minimum Gasteiger partial charge on any atom is -0.484 e. The molecular formula is C18H18N2O2. The van der Waals surface area contributed by atoms with Crippen molar-refractivity contribution in [3.8, 4) is 22.9 Å². The van der Waals surface area contributed by atoms with Crippen molar-refractivity contribution in [3.05, 3.63) is 54.6 Å². The van der Waals surface area contributed by atoms with Crippen LogP contribution in [0, 0.1) is 11.3 Å². The molecule has 0 aliphatic carbocycles. The molecule has 2 aromatic rings. The Hall–Kier alpha value is -2.80. The summed E-state index contributed by atoms with van der Waals surface area (Å²) < 4.78 is 5.43. The summed E-state index contributed by atoms with van der Waals surface area (Å²) in [6.45, 7) is 3.16. The number of hydrogen-bond donors (Lipinski definition) is 1. The van der Waals surface area contributed by atoms with Gasteiger partial charge in [0.25, 0.3) is 5.91 Å². The molecule has 4 nitrogen and oxygen atoms in total. The number of amides is 1. The molecule has 0 heterocycles. The molecule has 0 spiro atoms. The number of carbonyl (C=O) groups is 1. The van der Waals surface area contributed by atoms with Crippen LogP contribution in [0.2, 0.25) is 0 Å². The first-order chi connectivity index (χ1) is 10.5. The van der Waals surface area contributed by atoms with Gasteiger partial charge in [-0.05, 0) is 37.1 Å². The summed E-state index contributed by atoms with van der Waals surface area (Å²) in [6, 6.07) is 19.6. The van der Waals surface area contributed by atoms with E-state index in [0.29, 0.717) is 5.75 Å². The summed E-state index contributed by atoms with van der Waals surface area (Å²) in [5.74, 6) is 0.295. The lowest BCUT2D eigenvalue weighted by atomic mass is 10.1. The number of carbonyl (C=O) groups excluding carboxylic acids is 1. The molecule has 0 unspecified atom stereocenters. The Balaban J connectivity index is 1.93. The van der Waals surface area contributed by atoms with Crippen molar-refractivity contribution in [3.63, 3.8) is 0 Å². The molecule has 1 N–H and O–H groups in total. The van der Waals surface area contributed by atoms with Crippen molar-refractivity contribution in [2.45, 2.75) is 19.4 Å². The highest BCUT2D eigenvalue weighted by Crippen LogP contribution is 2.21. The van der Waals surface area contributed by atoms with E-state index in [4.69, 9.17) is 10.00 Å². The van der Waals surface area contributed by atoms with Gasteiger partial charge in [0.15, 0.2) is 6.61 Å². The minimum atomic E-state index is -0.891. The van der Waals surface area contributed by atoms with Crippen LogP contribution in [0.15, 0.2) is 54.6 Å². The third-order valence-electron chi connectivity index (χ3n) is 3.06. The first-order valence-corrected chi connectivity index (χ1v) is 7.01. The lowest BCUT2D eigenvalue weighted by Gasteiger charge is -2.17. The highest BCUT2D eigenvalue weighted by Gasteiger charge is 2.19. The Kier molecular flexibility index (Phi) is 4.80. The van der Waals surface area contributed by atoms with E-state index < -0.39 is 5.54 Å². The van der Waals surface area contributed by atoms with Gasteiger partial charge in [-0.15, -0.1) is 0 Å². The molecule has 0 saturated heterocycles. The van der Waals surface area contributed by atoms with Gasteiger partial charge in [-0.1, -0.05) is 42.5 Å². The summed E-state index contributed by atoms with van der Waals surface area (Å²) in [7, 11) is 0. The Bertz CT molecular complexity index is 670. The van der Waals surface area contributed by atoms with Crippen LogP contribution in [0.25, 0.3) is 11.1 Å². The Morgan fingerprint density at radius 1 is 1.09 bits per heavy atom. The van der Waals surface area contributed by atoms with Gasteiger partial charge < -0.3 is 10.1 Å². The number of nitrogens with zero attached hydrogens (tertiary/aromatic N) is 1.